The summed E-state index contributed by atoms with van der Waals surface area (Å²) in [6.07, 6.45) is 0.119. The van der Waals surface area contributed by atoms with Crippen LogP contribution in [0.15, 0.2) is 11.4 Å². The minimum absolute atomic E-state index is 0.119. The summed E-state index contributed by atoms with van der Waals surface area (Å²) in [7, 11) is 1.67. The molecule has 0 saturated carbocycles. The van der Waals surface area contributed by atoms with Gasteiger partial charge in [0.15, 0.2) is 0 Å². The van der Waals surface area contributed by atoms with Crippen LogP contribution in [0.2, 0.25) is 0 Å². The maximum atomic E-state index is 5.60. The van der Waals surface area contributed by atoms with Crippen molar-refractivity contribution in [1.82, 2.24) is 4.98 Å². The zero-order chi connectivity index (χ0) is 11.7. The Morgan fingerprint density at radius 2 is 2.12 bits per heavy atom. The van der Waals surface area contributed by atoms with Crippen molar-refractivity contribution in [2.24, 2.45) is 0 Å². The lowest BCUT2D eigenvalue weighted by Gasteiger charge is -2.10. The molecular weight excluding hydrogens is 222 g/mol. The summed E-state index contributed by atoms with van der Waals surface area (Å²) in [6.45, 7) is 6.02. The summed E-state index contributed by atoms with van der Waals surface area (Å²) < 4.78 is 12.0. The van der Waals surface area contributed by atoms with Crippen molar-refractivity contribution >= 4 is 21.6 Å². The molecule has 0 unspecified atom stereocenters. The second-order valence-electron chi connectivity index (χ2n) is 3.93. The highest BCUT2D eigenvalue weighted by molar-refractivity contribution is 7.17. The number of nitrogens with zero attached hydrogens (tertiary/aromatic N) is 1. The molecule has 0 aromatic carbocycles. The van der Waals surface area contributed by atoms with Crippen LogP contribution in [0, 0.1) is 6.92 Å². The van der Waals surface area contributed by atoms with E-state index in [1.165, 1.54) is 0 Å². The fourth-order valence-electron chi connectivity index (χ4n) is 1.53. The van der Waals surface area contributed by atoms with Crippen LogP contribution in [-0.4, -0.2) is 18.2 Å². The first-order valence-electron chi connectivity index (χ1n) is 5.21. The average molecular weight is 237 g/mol. The van der Waals surface area contributed by atoms with Gasteiger partial charge in [-0.15, -0.1) is 11.3 Å². The van der Waals surface area contributed by atoms with E-state index in [-0.39, 0.29) is 6.10 Å². The zero-order valence-corrected chi connectivity index (χ0v) is 10.7. The van der Waals surface area contributed by atoms with Gasteiger partial charge in [-0.1, -0.05) is 0 Å². The molecular formula is C12H15NO2S. The number of ether oxygens (including phenoxy) is 2. The van der Waals surface area contributed by atoms with Gasteiger partial charge in [0.2, 0.25) is 5.88 Å². The molecule has 0 saturated heterocycles. The molecule has 86 valence electrons. The first-order valence-corrected chi connectivity index (χ1v) is 6.09. The quantitative estimate of drug-likeness (QED) is 0.819. The number of rotatable bonds is 3. The Labute approximate surface area is 99.0 Å². The molecule has 0 radical (unpaired) electrons. The Morgan fingerprint density at radius 1 is 1.38 bits per heavy atom. The lowest BCUT2D eigenvalue weighted by atomic mass is 10.3. The van der Waals surface area contributed by atoms with Gasteiger partial charge in [0.25, 0.3) is 0 Å². The molecule has 0 amide bonds. The highest BCUT2D eigenvalue weighted by atomic mass is 32.1. The van der Waals surface area contributed by atoms with Gasteiger partial charge in [-0.05, 0) is 31.7 Å². The predicted molar refractivity (Wildman–Crippen MR) is 66.7 cm³/mol. The van der Waals surface area contributed by atoms with Crippen molar-refractivity contribution in [3.8, 4) is 11.6 Å². The third-order valence-electron chi connectivity index (χ3n) is 2.22. The third kappa shape index (κ3) is 1.97. The number of thiophene rings is 1. The van der Waals surface area contributed by atoms with Crippen molar-refractivity contribution in [2.75, 3.05) is 7.11 Å². The van der Waals surface area contributed by atoms with Crippen LogP contribution < -0.4 is 9.47 Å². The fourth-order valence-corrected chi connectivity index (χ4v) is 2.51. The van der Waals surface area contributed by atoms with E-state index in [9.17, 15) is 0 Å². The van der Waals surface area contributed by atoms with Gasteiger partial charge < -0.3 is 9.47 Å². The maximum absolute atomic E-state index is 5.60. The summed E-state index contributed by atoms with van der Waals surface area (Å²) in [5.41, 5.74) is 2.13. The van der Waals surface area contributed by atoms with Crippen molar-refractivity contribution in [3.63, 3.8) is 0 Å². The van der Waals surface area contributed by atoms with E-state index in [2.05, 4.69) is 10.4 Å². The molecule has 2 heterocycles. The van der Waals surface area contributed by atoms with Gasteiger partial charge in [-0.2, -0.15) is 0 Å². The van der Waals surface area contributed by atoms with E-state index < -0.39 is 0 Å². The molecule has 0 bridgehead atoms. The van der Waals surface area contributed by atoms with Crippen LogP contribution >= 0.6 is 11.3 Å². The van der Waals surface area contributed by atoms with Gasteiger partial charge in [-0.25, -0.2) is 4.98 Å². The molecule has 0 aliphatic heterocycles. The molecule has 0 atom stereocenters. The molecule has 0 fully saturated rings. The Bertz CT molecular complexity index is 505. The largest absolute Gasteiger partial charge is 0.495 e. The van der Waals surface area contributed by atoms with Gasteiger partial charge in [0, 0.05) is 6.07 Å². The van der Waals surface area contributed by atoms with Crippen LogP contribution in [0.3, 0.4) is 0 Å². The van der Waals surface area contributed by atoms with Gasteiger partial charge in [0.05, 0.1) is 23.4 Å². The number of aromatic nitrogens is 1. The molecule has 0 N–H and O–H groups in total. The number of hydrogen-bond acceptors (Lipinski definition) is 4. The number of hydrogen-bond donors (Lipinski definition) is 0. The minimum Gasteiger partial charge on any atom is -0.495 e. The van der Waals surface area contributed by atoms with E-state index in [1.54, 1.807) is 18.4 Å². The van der Waals surface area contributed by atoms with Crippen molar-refractivity contribution in [3.05, 3.63) is 17.0 Å². The Kier molecular flexibility index (Phi) is 3.01. The number of fused-ring (bicyclic) bond motifs is 1. The van der Waals surface area contributed by atoms with Gasteiger partial charge in [0.1, 0.15) is 5.75 Å². The molecule has 0 aliphatic rings. The van der Waals surface area contributed by atoms with Crippen LogP contribution in [0.4, 0.5) is 0 Å². The molecule has 0 spiro atoms. The second kappa shape index (κ2) is 4.29. The van der Waals surface area contributed by atoms with E-state index >= 15 is 0 Å². The maximum Gasteiger partial charge on any atom is 0.217 e. The zero-order valence-electron chi connectivity index (χ0n) is 9.90. The lowest BCUT2D eigenvalue weighted by molar-refractivity contribution is 0.232. The number of aryl methyl sites for hydroxylation is 1. The monoisotopic (exact) mass is 237 g/mol. The molecule has 3 nitrogen and oxygen atoms in total. The fraction of sp³-hybridized carbons (Fsp3) is 0.417. The summed E-state index contributed by atoms with van der Waals surface area (Å²) in [4.78, 5) is 4.49. The molecule has 16 heavy (non-hydrogen) atoms. The van der Waals surface area contributed by atoms with E-state index in [0.717, 1.165) is 21.5 Å². The van der Waals surface area contributed by atoms with Crippen LogP contribution in [-0.2, 0) is 0 Å². The van der Waals surface area contributed by atoms with Crippen molar-refractivity contribution < 1.29 is 9.47 Å². The van der Waals surface area contributed by atoms with Crippen LogP contribution in [0.1, 0.15) is 19.4 Å². The van der Waals surface area contributed by atoms with Crippen molar-refractivity contribution in [1.29, 1.82) is 0 Å². The first-order chi connectivity index (χ1) is 7.61. The van der Waals surface area contributed by atoms with Crippen LogP contribution in [0.25, 0.3) is 10.2 Å². The normalized spacial score (nSPS) is 11.1. The predicted octanol–water partition coefficient (Wildman–Crippen LogP) is 3.40. The summed E-state index contributed by atoms with van der Waals surface area (Å²) in [5, 5.41) is 2.08. The SMILES string of the molecule is COc1cc(OC(C)C)nc2c(C)csc12. The lowest BCUT2D eigenvalue weighted by Crippen LogP contribution is -2.07. The summed E-state index contributed by atoms with van der Waals surface area (Å²) >= 11 is 1.65. The Balaban J connectivity index is 2.56. The summed E-state index contributed by atoms with van der Waals surface area (Å²) in [5.74, 6) is 1.46. The minimum atomic E-state index is 0.119. The average Bonchev–Trinajstić information content (AvgIpc) is 2.59. The highest BCUT2D eigenvalue weighted by Gasteiger charge is 2.11. The number of pyridine rings is 1. The molecule has 2 aromatic rings. The topological polar surface area (TPSA) is 31.4 Å². The molecule has 4 heteroatoms. The third-order valence-corrected chi connectivity index (χ3v) is 3.32. The Hall–Kier alpha value is -1.29. The second-order valence-corrected chi connectivity index (χ2v) is 4.81. The first kappa shape index (κ1) is 11.2. The van der Waals surface area contributed by atoms with Gasteiger partial charge in [-0.3, -0.25) is 0 Å². The highest BCUT2D eigenvalue weighted by Crippen LogP contribution is 2.34. The summed E-state index contributed by atoms with van der Waals surface area (Å²) in [6, 6.07) is 1.85. The smallest absolute Gasteiger partial charge is 0.217 e. The van der Waals surface area contributed by atoms with E-state index in [1.807, 2.05) is 26.8 Å². The van der Waals surface area contributed by atoms with E-state index in [4.69, 9.17) is 9.47 Å². The molecule has 2 rings (SSSR count). The van der Waals surface area contributed by atoms with Crippen molar-refractivity contribution in [2.45, 2.75) is 26.9 Å². The van der Waals surface area contributed by atoms with E-state index in [0.29, 0.717) is 5.88 Å². The standard InChI is InChI=1S/C12H15NO2S/c1-7(2)15-10-5-9(14-4)12-11(13-10)8(3)6-16-12/h5-7H,1-4H3. The molecule has 0 aliphatic carbocycles. The van der Waals surface area contributed by atoms with Gasteiger partial charge >= 0.3 is 0 Å². The number of methoxy groups -OCH3 is 1. The Morgan fingerprint density at radius 3 is 2.75 bits per heavy atom. The van der Waals surface area contributed by atoms with Crippen LogP contribution in [0.5, 0.6) is 11.6 Å². The molecule has 2 aromatic heterocycles.